The predicted molar refractivity (Wildman–Crippen MR) is 105 cm³/mol. The van der Waals surface area contributed by atoms with Gasteiger partial charge in [-0.1, -0.05) is 89.7 Å². The van der Waals surface area contributed by atoms with Crippen LogP contribution in [0.3, 0.4) is 0 Å². The highest BCUT2D eigenvalue weighted by Crippen LogP contribution is 2.14. The number of hydrogen-bond donors (Lipinski definition) is 0. The summed E-state index contributed by atoms with van der Waals surface area (Å²) in [5.74, 6) is 0.0254. The molecule has 1 nitrogen and oxygen atoms in total. The summed E-state index contributed by atoms with van der Waals surface area (Å²) in [6.45, 7) is 4.66. The van der Waals surface area contributed by atoms with Crippen molar-refractivity contribution in [1.82, 2.24) is 0 Å². The average Bonchev–Trinajstić information content (AvgIpc) is 2.62. The van der Waals surface area contributed by atoms with Crippen LogP contribution in [0.5, 0.6) is 0 Å². The molecule has 3 aromatic rings. The summed E-state index contributed by atoms with van der Waals surface area (Å²) >= 11 is 5.88. The average molecular weight is 351 g/mol. The Kier molecular flexibility index (Phi) is 4.70. The second-order valence-electron chi connectivity index (χ2n) is 6.40. The van der Waals surface area contributed by atoms with Crippen LogP contribution in [-0.2, 0) is 0 Å². The molecule has 0 spiro atoms. The Morgan fingerprint density at radius 3 is 1.71 bits per heavy atom. The van der Waals surface area contributed by atoms with E-state index in [1.54, 1.807) is 24.3 Å². The molecule has 0 saturated carbocycles. The third-order valence-corrected chi connectivity index (χ3v) is 8.28. The predicted octanol–water partition coefficient (Wildman–Crippen LogP) is 4.39. The standard InChI is InChI=1S/C21H19ClOSi/c1-24(2,19-6-4-3-5-7-19)20-14-10-17(11-15-20)21(23)16-8-12-18(22)13-9-16/h3-15H,1-2H3. The molecule has 0 saturated heterocycles. The van der Waals surface area contributed by atoms with Gasteiger partial charge >= 0.3 is 0 Å². The molecule has 0 aliphatic rings. The number of hydrogen-bond acceptors (Lipinski definition) is 1. The van der Waals surface area contributed by atoms with Gasteiger partial charge < -0.3 is 0 Å². The zero-order chi connectivity index (χ0) is 17.2. The lowest BCUT2D eigenvalue weighted by atomic mass is 10.0. The summed E-state index contributed by atoms with van der Waals surface area (Å²) < 4.78 is 0. The van der Waals surface area contributed by atoms with E-state index in [1.165, 1.54) is 10.4 Å². The molecule has 0 aliphatic carbocycles. The second kappa shape index (κ2) is 6.76. The van der Waals surface area contributed by atoms with E-state index in [-0.39, 0.29) is 5.78 Å². The molecule has 3 aromatic carbocycles. The number of halogens is 1. The van der Waals surface area contributed by atoms with Crippen molar-refractivity contribution >= 4 is 35.8 Å². The Balaban J connectivity index is 1.88. The molecule has 0 fully saturated rings. The van der Waals surface area contributed by atoms with Gasteiger partial charge in [0.1, 0.15) is 8.07 Å². The van der Waals surface area contributed by atoms with E-state index in [1.807, 2.05) is 18.2 Å². The normalized spacial score (nSPS) is 11.3. The first-order valence-electron chi connectivity index (χ1n) is 7.95. The molecule has 0 bridgehead atoms. The molecular formula is C21H19ClOSi. The van der Waals surface area contributed by atoms with Crippen LogP contribution in [0.4, 0.5) is 0 Å². The van der Waals surface area contributed by atoms with E-state index >= 15 is 0 Å². The van der Waals surface area contributed by atoms with Crippen LogP contribution in [0.2, 0.25) is 18.1 Å². The van der Waals surface area contributed by atoms with E-state index in [4.69, 9.17) is 11.6 Å². The van der Waals surface area contributed by atoms with Crippen molar-refractivity contribution in [3.63, 3.8) is 0 Å². The fraction of sp³-hybridized carbons (Fsp3) is 0.0952. The molecule has 0 amide bonds. The zero-order valence-electron chi connectivity index (χ0n) is 13.8. The monoisotopic (exact) mass is 350 g/mol. The van der Waals surface area contributed by atoms with Crippen molar-refractivity contribution in [1.29, 1.82) is 0 Å². The first-order chi connectivity index (χ1) is 11.5. The van der Waals surface area contributed by atoms with Crippen molar-refractivity contribution in [3.8, 4) is 0 Å². The van der Waals surface area contributed by atoms with Crippen molar-refractivity contribution < 1.29 is 4.79 Å². The largest absolute Gasteiger partial charge is 0.289 e. The molecule has 0 radical (unpaired) electrons. The first kappa shape index (κ1) is 16.7. The number of carbonyl (C=O) groups is 1. The van der Waals surface area contributed by atoms with Gasteiger partial charge in [-0.2, -0.15) is 0 Å². The van der Waals surface area contributed by atoms with E-state index in [0.29, 0.717) is 16.1 Å². The maximum Gasteiger partial charge on any atom is 0.193 e. The lowest BCUT2D eigenvalue weighted by Crippen LogP contribution is -2.52. The first-order valence-corrected chi connectivity index (χ1v) is 11.3. The van der Waals surface area contributed by atoms with Crippen molar-refractivity contribution in [2.45, 2.75) is 13.1 Å². The minimum Gasteiger partial charge on any atom is -0.289 e. The van der Waals surface area contributed by atoms with Crippen LogP contribution < -0.4 is 10.4 Å². The van der Waals surface area contributed by atoms with E-state index in [2.05, 4.69) is 49.5 Å². The highest BCUT2D eigenvalue weighted by atomic mass is 35.5. The fourth-order valence-electron chi connectivity index (χ4n) is 2.83. The number of benzene rings is 3. The molecule has 0 aromatic heterocycles. The smallest absolute Gasteiger partial charge is 0.193 e. The fourth-order valence-corrected chi connectivity index (χ4v) is 5.31. The molecule has 0 aliphatic heterocycles. The highest BCUT2D eigenvalue weighted by molar-refractivity contribution is 7.00. The van der Waals surface area contributed by atoms with E-state index in [9.17, 15) is 4.79 Å². The molecule has 0 unspecified atom stereocenters. The summed E-state index contributed by atoms with van der Waals surface area (Å²) in [6.07, 6.45) is 0. The minimum absolute atomic E-state index is 0.0254. The van der Waals surface area contributed by atoms with Crippen LogP contribution >= 0.6 is 11.6 Å². The molecule has 0 heterocycles. The minimum atomic E-state index is -1.73. The van der Waals surface area contributed by atoms with Crippen LogP contribution in [-0.4, -0.2) is 13.9 Å². The number of ketones is 1. The molecule has 120 valence electrons. The van der Waals surface area contributed by atoms with Gasteiger partial charge in [-0.05, 0) is 24.3 Å². The zero-order valence-corrected chi connectivity index (χ0v) is 15.5. The maximum atomic E-state index is 12.6. The summed E-state index contributed by atoms with van der Waals surface area (Å²) in [7, 11) is -1.73. The Morgan fingerprint density at radius 1 is 0.708 bits per heavy atom. The number of rotatable bonds is 4. The van der Waals surface area contributed by atoms with Crippen LogP contribution in [0.15, 0.2) is 78.9 Å². The number of carbonyl (C=O) groups excluding carboxylic acids is 1. The lowest BCUT2D eigenvalue weighted by molar-refractivity contribution is 0.103. The van der Waals surface area contributed by atoms with E-state index < -0.39 is 8.07 Å². The Morgan fingerprint density at radius 2 is 1.17 bits per heavy atom. The lowest BCUT2D eigenvalue weighted by Gasteiger charge is -2.23. The summed E-state index contributed by atoms with van der Waals surface area (Å²) in [5, 5.41) is 3.35. The van der Waals surface area contributed by atoms with Gasteiger partial charge in [-0.25, -0.2) is 0 Å². The van der Waals surface area contributed by atoms with Crippen molar-refractivity contribution in [3.05, 3.63) is 95.0 Å². The summed E-state index contributed by atoms with van der Waals surface area (Å²) in [5.41, 5.74) is 1.37. The van der Waals surface area contributed by atoms with Crippen LogP contribution in [0.1, 0.15) is 15.9 Å². The topological polar surface area (TPSA) is 17.1 Å². The van der Waals surface area contributed by atoms with Crippen molar-refractivity contribution in [2.75, 3.05) is 0 Å². The molecule has 3 rings (SSSR count). The van der Waals surface area contributed by atoms with Gasteiger partial charge in [0.05, 0.1) is 0 Å². The van der Waals surface area contributed by atoms with Gasteiger partial charge in [0.2, 0.25) is 0 Å². The Bertz CT molecular complexity index is 837. The molecule has 24 heavy (non-hydrogen) atoms. The highest BCUT2D eigenvalue weighted by Gasteiger charge is 2.25. The van der Waals surface area contributed by atoms with Crippen LogP contribution in [0, 0.1) is 0 Å². The van der Waals surface area contributed by atoms with Crippen molar-refractivity contribution in [2.24, 2.45) is 0 Å². The third-order valence-electron chi connectivity index (χ3n) is 4.47. The van der Waals surface area contributed by atoms with Gasteiger partial charge in [-0.15, -0.1) is 0 Å². The SMILES string of the molecule is C[Si](C)(c1ccccc1)c1ccc(C(=O)c2ccc(Cl)cc2)cc1. The summed E-state index contributed by atoms with van der Waals surface area (Å²) in [6, 6.07) is 25.7. The van der Waals surface area contributed by atoms with E-state index in [0.717, 1.165) is 0 Å². The molecule has 3 heteroatoms. The maximum absolute atomic E-state index is 12.6. The third kappa shape index (κ3) is 3.35. The van der Waals surface area contributed by atoms with Gasteiger partial charge in [-0.3, -0.25) is 4.79 Å². The van der Waals surface area contributed by atoms with Crippen LogP contribution in [0.25, 0.3) is 0 Å². The Labute approximate surface area is 148 Å². The molecular weight excluding hydrogens is 332 g/mol. The molecule has 0 atom stereocenters. The van der Waals surface area contributed by atoms with Gasteiger partial charge in [0.25, 0.3) is 0 Å². The second-order valence-corrected chi connectivity index (χ2v) is 11.2. The van der Waals surface area contributed by atoms with Gasteiger partial charge in [0.15, 0.2) is 5.78 Å². The quantitative estimate of drug-likeness (QED) is 0.503. The Hall–Kier alpha value is -2.16. The van der Waals surface area contributed by atoms with Gasteiger partial charge in [0, 0.05) is 16.1 Å². The summed E-state index contributed by atoms with van der Waals surface area (Å²) in [4.78, 5) is 12.6. The molecule has 0 N–H and O–H groups in total.